The molecule has 10 nitrogen and oxygen atoms in total. The lowest BCUT2D eigenvalue weighted by atomic mass is 9.93. The van der Waals surface area contributed by atoms with Gasteiger partial charge in [-0.3, -0.25) is 19.2 Å². The molecule has 0 unspecified atom stereocenters. The summed E-state index contributed by atoms with van der Waals surface area (Å²) in [5.74, 6) is 1.06. The Balaban J connectivity index is 0.00000387. The second-order valence-corrected chi connectivity index (χ2v) is 11.1. The first kappa shape index (κ1) is 31.1. The van der Waals surface area contributed by atoms with E-state index in [1.54, 1.807) is 14.2 Å². The zero-order valence-electron chi connectivity index (χ0n) is 24.2. The van der Waals surface area contributed by atoms with Gasteiger partial charge in [0.1, 0.15) is 11.5 Å². The summed E-state index contributed by atoms with van der Waals surface area (Å²) >= 11 is 0. The van der Waals surface area contributed by atoms with Crippen LogP contribution in [0.15, 0.2) is 24.3 Å². The van der Waals surface area contributed by atoms with Gasteiger partial charge in [-0.15, -0.1) is 12.4 Å². The molecule has 2 heterocycles. The average molecular weight is 590 g/mol. The lowest BCUT2D eigenvalue weighted by Crippen LogP contribution is -2.46. The summed E-state index contributed by atoms with van der Waals surface area (Å²) < 4.78 is 18.8. The van der Waals surface area contributed by atoms with Crippen LogP contribution in [0, 0.1) is 0 Å². The third-order valence-corrected chi connectivity index (χ3v) is 8.46. The number of nitrogens with zero attached hydrogens (tertiary/aromatic N) is 3. The Morgan fingerprint density at radius 3 is 2.34 bits per heavy atom. The molecule has 0 bridgehead atoms. The normalized spacial score (nSPS) is 18.7. The van der Waals surface area contributed by atoms with Gasteiger partial charge < -0.3 is 24.8 Å². The maximum absolute atomic E-state index is 13.7. The highest BCUT2D eigenvalue weighted by molar-refractivity contribution is 5.94. The number of hydrogen-bond acceptors (Lipinski definition) is 7. The maximum atomic E-state index is 13.7. The number of amides is 2. The number of carbonyl (C=O) groups excluding carboxylic acids is 2. The van der Waals surface area contributed by atoms with Gasteiger partial charge in [0, 0.05) is 38.1 Å². The Bertz CT molecular complexity index is 1140. The first-order valence-corrected chi connectivity index (χ1v) is 14.8. The third kappa shape index (κ3) is 7.72. The smallest absolute Gasteiger partial charge is 0.272 e. The zero-order valence-corrected chi connectivity index (χ0v) is 25.0. The van der Waals surface area contributed by atoms with Crippen molar-refractivity contribution in [1.29, 1.82) is 0 Å². The minimum Gasteiger partial charge on any atom is -0.496 e. The van der Waals surface area contributed by atoms with Crippen molar-refractivity contribution in [1.82, 2.24) is 25.3 Å². The van der Waals surface area contributed by atoms with E-state index in [1.807, 2.05) is 28.9 Å². The largest absolute Gasteiger partial charge is 0.496 e. The van der Waals surface area contributed by atoms with Crippen LogP contribution in [0.25, 0.3) is 11.3 Å². The molecule has 2 aromatic rings. The number of ether oxygens (including phenoxy) is 3. The standard InChI is InChI=1S/C30H43N5O5.ClH/c1-38-26-11-6-12-27(39-2)29(26)25-20-24(33-35(25)23-9-3-4-10-23)30(37)32-22(13-14-34-15-17-40-18-16-34)19-28(36)31-21-7-5-8-21;/h6,11-12,20-23H,3-5,7-10,13-19H2,1-2H3,(H,31,36)(H,32,37);1H/t22-;/m0./s1. The first-order chi connectivity index (χ1) is 19.6. The monoisotopic (exact) mass is 589 g/mol. The van der Waals surface area contributed by atoms with Crippen LogP contribution in [-0.4, -0.2) is 85.6 Å². The van der Waals surface area contributed by atoms with Gasteiger partial charge in [-0.1, -0.05) is 18.9 Å². The number of aromatic nitrogens is 2. The SMILES string of the molecule is COc1cccc(OC)c1-c1cc(C(=O)N[C@@H](CCN2CCOCC2)CC(=O)NC2CCC2)nn1C1CCCC1.Cl. The van der Waals surface area contributed by atoms with E-state index < -0.39 is 0 Å². The third-order valence-electron chi connectivity index (χ3n) is 8.46. The number of methoxy groups -OCH3 is 2. The van der Waals surface area contributed by atoms with Gasteiger partial charge in [0.2, 0.25) is 5.91 Å². The zero-order chi connectivity index (χ0) is 27.9. The lowest BCUT2D eigenvalue weighted by Gasteiger charge is -2.29. The molecule has 1 aromatic carbocycles. The van der Waals surface area contributed by atoms with E-state index in [0.717, 1.165) is 75.8 Å². The van der Waals surface area contributed by atoms with Crippen LogP contribution in [0.3, 0.4) is 0 Å². The molecule has 0 radical (unpaired) electrons. The van der Waals surface area contributed by atoms with E-state index in [9.17, 15) is 9.59 Å². The lowest BCUT2D eigenvalue weighted by molar-refractivity contribution is -0.122. The van der Waals surface area contributed by atoms with Gasteiger partial charge in [-0.05, 0) is 56.7 Å². The molecule has 41 heavy (non-hydrogen) atoms. The quantitative estimate of drug-likeness (QED) is 0.386. The number of benzene rings is 1. The van der Waals surface area contributed by atoms with Crippen LogP contribution in [0.2, 0.25) is 0 Å². The highest BCUT2D eigenvalue weighted by atomic mass is 35.5. The van der Waals surface area contributed by atoms with Crippen LogP contribution in [0.5, 0.6) is 11.5 Å². The molecule has 3 aliphatic rings. The predicted octanol–water partition coefficient (Wildman–Crippen LogP) is 3.98. The molecule has 1 aromatic heterocycles. The summed E-state index contributed by atoms with van der Waals surface area (Å²) in [5, 5.41) is 11.1. The molecular formula is C30H44ClN5O5. The topological polar surface area (TPSA) is 107 Å². The molecule has 1 aliphatic heterocycles. The number of morpholine rings is 1. The van der Waals surface area contributed by atoms with Crippen molar-refractivity contribution in [2.75, 3.05) is 47.1 Å². The average Bonchev–Trinajstić information content (AvgIpc) is 3.64. The molecule has 11 heteroatoms. The van der Waals surface area contributed by atoms with Crippen LogP contribution < -0.4 is 20.1 Å². The fourth-order valence-corrected chi connectivity index (χ4v) is 5.93. The number of hydrogen-bond donors (Lipinski definition) is 2. The Hall–Kier alpha value is -2.82. The highest BCUT2D eigenvalue weighted by Crippen LogP contribution is 2.41. The van der Waals surface area contributed by atoms with E-state index in [2.05, 4.69) is 15.5 Å². The van der Waals surface area contributed by atoms with Gasteiger partial charge in [0.25, 0.3) is 5.91 Å². The summed E-state index contributed by atoms with van der Waals surface area (Å²) in [7, 11) is 3.27. The van der Waals surface area contributed by atoms with E-state index in [0.29, 0.717) is 36.8 Å². The molecule has 5 rings (SSSR count). The van der Waals surface area contributed by atoms with Crippen molar-refractivity contribution < 1.29 is 23.8 Å². The van der Waals surface area contributed by atoms with Crippen molar-refractivity contribution in [3.8, 4) is 22.8 Å². The van der Waals surface area contributed by atoms with Crippen molar-refractivity contribution >= 4 is 24.2 Å². The molecule has 1 saturated heterocycles. The number of nitrogens with one attached hydrogen (secondary N) is 2. The summed E-state index contributed by atoms with van der Waals surface area (Å²) in [6.07, 6.45) is 8.44. The number of halogens is 1. The van der Waals surface area contributed by atoms with Crippen molar-refractivity contribution in [3.05, 3.63) is 30.0 Å². The second-order valence-electron chi connectivity index (χ2n) is 11.1. The number of carbonyl (C=O) groups is 2. The Morgan fingerprint density at radius 2 is 1.73 bits per heavy atom. The van der Waals surface area contributed by atoms with Gasteiger partial charge >= 0.3 is 0 Å². The van der Waals surface area contributed by atoms with Crippen LogP contribution >= 0.6 is 12.4 Å². The van der Waals surface area contributed by atoms with E-state index in [4.69, 9.17) is 19.3 Å². The van der Waals surface area contributed by atoms with Crippen molar-refractivity contribution in [2.45, 2.75) is 75.9 Å². The fourth-order valence-electron chi connectivity index (χ4n) is 5.93. The fraction of sp³-hybridized carbons (Fsp3) is 0.633. The molecule has 2 amide bonds. The summed E-state index contributed by atoms with van der Waals surface area (Å²) in [6, 6.07) is 7.69. The van der Waals surface area contributed by atoms with Crippen LogP contribution in [0.4, 0.5) is 0 Å². The van der Waals surface area contributed by atoms with Gasteiger partial charge in [0.15, 0.2) is 5.69 Å². The van der Waals surface area contributed by atoms with Gasteiger partial charge in [0.05, 0.1) is 44.7 Å². The Labute approximate surface area is 248 Å². The summed E-state index contributed by atoms with van der Waals surface area (Å²) in [4.78, 5) is 28.9. The first-order valence-electron chi connectivity index (χ1n) is 14.8. The molecule has 0 spiro atoms. The van der Waals surface area contributed by atoms with Gasteiger partial charge in [-0.2, -0.15) is 5.10 Å². The van der Waals surface area contributed by atoms with E-state index >= 15 is 0 Å². The number of rotatable bonds is 12. The molecule has 3 fully saturated rings. The highest BCUT2D eigenvalue weighted by Gasteiger charge is 2.29. The molecule has 2 N–H and O–H groups in total. The van der Waals surface area contributed by atoms with Crippen LogP contribution in [0.1, 0.15) is 74.3 Å². The van der Waals surface area contributed by atoms with Crippen molar-refractivity contribution in [2.24, 2.45) is 0 Å². The molecule has 1 atom stereocenters. The van der Waals surface area contributed by atoms with E-state index in [1.165, 1.54) is 0 Å². The summed E-state index contributed by atoms with van der Waals surface area (Å²) in [5.41, 5.74) is 1.93. The van der Waals surface area contributed by atoms with Crippen molar-refractivity contribution in [3.63, 3.8) is 0 Å². The minimum atomic E-state index is -0.295. The molecule has 2 aliphatic carbocycles. The molecule has 226 valence electrons. The second kappa shape index (κ2) is 14.9. The Morgan fingerprint density at radius 1 is 1.05 bits per heavy atom. The van der Waals surface area contributed by atoms with Crippen LogP contribution in [-0.2, 0) is 9.53 Å². The van der Waals surface area contributed by atoms with E-state index in [-0.39, 0.29) is 48.8 Å². The molecule has 2 saturated carbocycles. The Kier molecular flexibility index (Phi) is 11.3. The molecular weight excluding hydrogens is 546 g/mol. The minimum absolute atomic E-state index is 0. The summed E-state index contributed by atoms with van der Waals surface area (Å²) in [6.45, 7) is 3.96. The predicted molar refractivity (Wildman–Crippen MR) is 159 cm³/mol. The maximum Gasteiger partial charge on any atom is 0.272 e. The van der Waals surface area contributed by atoms with Gasteiger partial charge in [-0.25, -0.2) is 0 Å².